The van der Waals surface area contributed by atoms with E-state index in [0.29, 0.717) is 5.82 Å². The summed E-state index contributed by atoms with van der Waals surface area (Å²) in [6.07, 6.45) is 0. The van der Waals surface area contributed by atoms with Gasteiger partial charge in [-0.05, 0) is 6.92 Å². The zero-order valence-corrected chi connectivity index (χ0v) is 8.58. The molecule has 6 heteroatoms. The Bertz CT molecular complexity index is 356. The highest BCUT2D eigenvalue weighted by atomic mass is 35.5. The maximum Gasteiger partial charge on any atom is 0.145 e. The Morgan fingerprint density at radius 3 is 2.77 bits per heavy atom. The third-order valence-corrected chi connectivity index (χ3v) is 2.44. The SMILES string of the molecule is Cc1csc(-c2cc(N)n[nH]2)n1.Cl. The van der Waals surface area contributed by atoms with Crippen LogP contribution in [0.15, 0.2) is 11.4 Å². The van der Waals surface area contributed by atoms with E-state index >= 15 is 0 Å². The average molecular weight is 217 g/mol. The molecule has 0 aromatic carbocycles. The lowest BCUT2D eigenvalue weighted by atomic mass is 10.4. The van der Waals surface area contributed by atoms with Gasteiger partial charge in [-0.2, -0.15) is 5.10 Å². The largest absolute Gasteiger partial charge is 0.382 e. The van der Waals surface area contributed by atoms with Crippen LogP contribution in [0.25, 0.3) is 10.7 Å². The molecule has 0 atom stereocenters. The van der Waals surface area contributed by atoms with Gasteiger partial charge >= 0.3 is 0 Å². The Hall–Kier alpha value is -1.07. The smallest absolute Gasteiger partial charge is 0.145 e. The zero-order valence-electron chi connectivity index (χ0n) is 6.94. The van der Waals surface area contributed by atoms with Gasteiger partial charge in [-0.3, -0.25) is 5.10 Å². The molecular weight excluding hydrogens is 208 g/mol. The Morgan fingerprint density at radius 2 is 2.31 bits per heavy atom. The third-order valence-electron chi connectivity index (χ3n) is 1.45. The van der Waals surface area contributed by atoms with Crippen LogP contribution in [0.2, 0.25) is 0 Å². The van der Waals surface area contributed by atoms with Gasteiger partial charge in [0.15, 0.2) is 0 Å². The third kappa shape index (κ3) is 1.99. The molecule has 0 unspecified atom stereocenters. The van der Waals surface area contributed by atoms with E-state index in [0.717, 1.165) is 16.4 Å². The molecule has 70 valence electrons. The summed E-state index contributed by atoms with van der Waals surface area (Å²) in [5.41, 5.74) is 7.35. The van der Waals surface area contributed by atoms with Crippen molar-refractivity contribution in [1.82, 2.24) is 15.2 Å². The van der Waals surface area contributed by atoms with E-state index in [-0.39, 0.29) is 12.4 Å². The molecule has 3 N–H and O–H groups in total. The van der Waals surface area contributed by atoms with Gasteiger partial charge in [-0.1, -0.05) is 0 Å². The number of nitrogen functional groups attached to an aromatic ring is 1. The van der Waals surface area contributed by atoms with Crippen molar-refractivity contribution in [2.24, 2.45) is 0 Å². The fourth-order valence-electron chi connectivity index (χ4n) is 0.924. The molecule has 0 bridgehead atoms. The van der Waals surface area contributed by atoms with E-state index in [1.807, 2.05) is 12.3 Å². The molecule has 0 radical (unpaired) electrons. The minimum atomic E-state index is 0. The number of aryl methyl sites for hydroxylation is 1. The molecule has 0 spiro atoms. The lowest BCUT2D eigenvalue weighted by molar-refractivity contribution is 1.10. The Balaban J connectivity index is 0.000000845. The second-order valence-corrected chi connectivity index (χ2v) is 3.36. The first-order valence-corrected chi connectivity index (χ1v) is 4.37. The number of thiazole rings is 1. The molecular formula is C7H9ClN4S. The number of nitrogens with zero attached hydrogens (tertiary/aromatic N) is 2. The normalized spacial score (nSPS) is 9.62. The van der Waals surface area contributed by atoms with Crippen molar-refractivity contribution in [3.05, 3.63) is 17.1 Å². The first kappa shape index (κ1) is 10.0. The summed E-state index contributed by atoms with van der Waals surface area (Å²) in [5.74, 6) is 0.498. The van der Waals surface area contributed by atoms with Gasteiger partial charge in [0.1, 0.15) is 10.8 Å². The Labute approximate surface area is 85.6 Å². The van der Waals surface area contributed by atoms with Gasteiger partial charge in [-0.15, -0.1) is 23.7 Å². The number of halogens is 1. The van der Waals surface area contributed by atoms with Gasteiger partial charge < -0.3 is 5.73 Å². The standard InChI is InChI=1S/C7H8N4S.ClH/c1-4-3-12-7(9-4)5-2-6(8)11-10-5;/h2-3H,1H3,(H3,8,10,11);1H. The molecule has 2 rings (SSSR count). The molecule has 0 aliphatic rings. The quantitative estimate of drug-likeness (QED) is 0.765. The number of H-pyrrole nitrogens is 1. The molecule has 0 aliphatic carbocycles. The number of hydrogen-bond donors (Lipinski definition) is 2. The van der Waals surface area contributed by atoms with Gasteiger partial charge in [0.25, 0.3) is 0 Å². The van der Waals surface area contributed by atoms with Crippen molar-refractivity contribution >= 4 is 29.6 Å². The van der Waals surface area contributed by atoms with Gasteiger partial charge in [0.05, 0.1) is 5.69 Å². The van der Waals surface area contributed by atoms with E-state index in [9.17, 15) is 0 Å². The summed E-state index contributed by atoms with van der Waals surface area (Å²) >= 11 is 1.58. The monoisotopic (exact) mass is 216 g/mol. The predicted octanol–water partition coefficient (Wildman–Crippen LogP) is 1.85. The van der Waals surface area contributed by atoms with Crippen molar-refractivity contribution in [2.45, 2.75) is 6.92 Å². The second kappa shape index (κ2) is 3.76. The fourth-order valence-corrected chi connectivity index (χ4v) is 1.69. The fraction of sp³-hybridized carbons (Fsp3) is 0.143. The van der Waals surface area contributed by atoms with E-state index in [1.54, 1.807) is 17.4 Å². The average Bonchev–Trinajstić information content (AvgIpc) is 2.58. The summed E-state index contributed by atoms with van der Waals surface area (Å²) in [6.45, 7) is 1.96. The minimum Gasteiger partial charge on any atom is -0.382 e. The molecule has 0 aliphatic heterocycles. The van der Waals surface area contributed by atoms with Crippen LogP contribution in [0.5, 0.6) is 0 Å². The number of anilines is 1. The Kier molecular flexibility index (Phi) is 2.90. The number of nitrogens with two attached hydrogens (primary N) is 1. The number of hydrogen-bond acceptors (Lipinski definition) is 4. The first-order valence-electron chi connectivity index (χ1n) is 3.49. The van der Waals surface area contributed by atoms with Crippen molar-refractivity contribution in [3.63, 3.8) is 0 Å². The van der Waals surface area contributed by atoms with E-state index in [4.69, 9.17) is 5.73 Å². The van der Waals surface area contributed by atoms with Gasteiger partial charge in [0, 0.05) is 17.1 Å². The van der Waals surface area contributed by atoms with Crippen LogP contribution in [0.3, 0.4) is 0 Å². The number of nitrogens with one attached hydrogen (secondary N) is 1. The maximum atomic E-state index is 5.46. The Morgan fingerprint density at radius 1 is 1.54 bits per heavy atom. The van der Waals surface area contributed by atoms with Crippen molar-refractivity contribution in [2.75, 3.05) is 5.73 Å². The topological polar surface area (TPSA) is 67.6 Å². The molecule has 4 nitrogen and oxygen atoms in total. The van der Waals surface area contributed by atoms with Crippen LogP contribution >= 0.6 is 23.7 Å². The first-order chi connectivity index (χ1) is 5.75. The van der Waals surface area contributed by atoms with Crippen molar-refractivity contribution in [3.8, 4) is 10.7 Å². The molecule has 2 heterocycles. The molecule has 0 amide bonds. The van der Waals surface area contributed by atoms with Crippen LogP contribution in [0.4, 0.5) is 5.82 Å². The van der Waals surface area contributed by atoms with Gasteiger partial charge in [-0.25, -0.2) is 4.98 Å². The van der Waals surface area contributed by atoms with E-state index in [2.05, 4.69) is 15.2 Å². The number of aromatic nitrogens is 3. The predicted molar refractivity (Wildman–Crippen MR) is 56.1 cm³/mol. The molecule has 0 saturated carbocycles. The van der Waals surface area contributed by atoms with Crippen LogP contribution in [-0.2, 0) is 0 Å². The number of aromatic amines is 1. The summed E-state index contributed by atoms with van der Waals surface area (Å²) in [7, 11) is 0. The van der Waals surface area contributed by atoms with E-state index < -0.39 is 0 Å². The molecule has 2 aromatic rings. The maximum absolute atomic E-state index is 5.46. The summed E-state index contributed by atoms with van der Waals surface area (Å²) in [5, 5.41) is 9.55. The van der Waals surface area contributed by atoms with E-state index in [1.165, 1.54) is 0 Å². The summed E-state index contributed by atoms with van der Waals surface area (Å²) in [6, 6.07) is 1.78. The summed E-state index contributed by atoms with van der Waals surface area (Å²) in [4.78, 5) is 4.29. The molecule has 0 saturated heterocycles. The van der Waals surface area contributed by atoms with Gasteiger partial charge in [0.2, 0.25) is 0 Å². The van der Waals surface area contributed by atoms with Crippen molar-refractivity contribution in [1.29, 1.82) is 0 Å². The highest BCUT2D eigenvalue weighted by molar-refractivity contribution is 7.13. The lowest BCUT2D eigenvalue weighted by Gasteiger charge is -1.85. The lowest BCUT2D eigenvalue weighted by Crippen LogP contribution is -1.81. The van der Waals surface area contributed by atoms with Crippen LogP contribution in [0.1, 0.15) is 5.69 Å². The molecule has 13 heavy (non-hydrogen) atoms. The van der Waals surface area contributed by atoms with Crippen LogP contribution < -0.4 is 5.73 Å². The minimum absolute atomic E-state index is 0. The summed E-state index contributed by atoms with van der Waals surface area (Å²) < 4.78 is 0. The molecule has 0 fully saturated rings. The highest BCUT2D eigenvalue weighted by Gasteiger charge is 2.04. The van der Waals surface area contributed by atoms with Crippen LogP contribution in [0, 0.1) is 6.92 Å². The van der Waals surface area contributed by atoms with Crippen molar-refractivity contribution < 1.29 is 0 Å². The molecule has 2 aromatic heterocycles. The van der Waals surface area contributed by atoms with Crippen LogP contribution in [-0.4, -0.2) is 15.2 Å². The number of rotatable bonds is 1. The zero-order chi connectivity index (χ0) is 8.55. The highest BCUT2D eigenvalue weighted by Crippen LogP contribution is 2.22. The second-order valence-electron chi connectivity index (χ2n) is 2.50.